The Hall–Kier alpha value is -2.66. The zero-order valence-corrected chi connectivity index (χ0v) is 14.3. The molecule has 0 fully saturated rings. The molecule has 122 valence electrons. The molecular formula is C19H18N2O2S. The van der Waals surface area contributed by atoms with Crippen LogP contribution in [0.1, 0.15) is 18.7 Å². The Morgan fingerprint density at radius 2 is 1.92 bits per heavy atom. The van der Waals surface area contributed by atoms with Crippen LogP contribution in [-0.2, 0) is 4.79 Å². The van der Waals surface area contributed by atoms with Crippen LogP contribution in [0.25, 0.3) is 10.8 Å². The molecule has 1 heterocycles. The average Bonchev–Trinajstić information content (AvgIpc) is 3.14. The fourth-order valence-electron chi connectivity index (χ4n) is 2.27. The maximum absolute atomic E-state index is 12.1. The van der Waals surface area contributed by atoms with Crippen molar-refractivity contribution in [3.05, 3.63) is 64.9 Å². The molecule has 1 aromatic heterocycles. The second-order valence-electron chi connectivity index (χ2n) is 5.42. The van der Waals surface area contributed by atoms with Crippen LogP contribution in [0, 0.1) is 0 Å². The molecule has 1 amide bonds. The smallest absolute Gasteiger partial charge is 0.280 e. The van der Waals surface area contributed by atoms with E-state index in [0.717, 1.165) is 21.4 Å². The summed E-state index contributed by atoms with van der Waals surface area (Å²) in [6.45, 7) is 3.57. The van der Waals surface area contributed by atoms with E-state index in [1.165, 1.54) is 0 Å². The molecule has 0 bridgehead atoms. The lowest BCUT2D eigenvalue weighted by Crippen LogP contribution is -2.33. The van der Waals surface area contributed by atoms with Crippen LogP contribution in [0.5, 0.6) is 5.75 Å². The van der Waals surface area contributed by atoms with Crippen molar-refractivity contribution in [2.24, 2.45) is 5.10 Å². The van der Waals surface area contributed by atoms with Gasteiger partial charge in [-0.25, -0.2) is 5.43 Å². The number of carbonyl (C=O) groups excluding carboxylic acids is 1. The summed E-state index contributed by atoms with van der Waals surface area (Å²) in [6.07, 6.45) is -0.633. The van der Waals surface area contributed by atoms with Gasteiger partial charge in [0.25, 0.3) is 5.91 Å². The van der Waals surface area contributed by atoms with Crippen LogP contribution >= 0.6 is 11.3 Å². The van der Waals surface area contributed by atoms with E-state index in [9.17, 15) is 4.79 Å². The number of nitrogens with one attached hydrogen (secondary N) is 1. The molecule has 0 saturated heterocycles. The molecule has 0 saturated carbocycles. The molecule has 2 aromatic carbocycles. The molecule has 1 unspecified atom stereocenters. The van der Waals surface area contributed by atoms with E-state index in [1.54, 1.807) is 18.3 Å². The molecular weight excluding hydrogens is 320 g/mol. The fourth-order valence-corrected chi connectivity index (χ4v) is 2.94. The number of thiophene rings is 1. The van der Waals surface area contributed by atoms with Crippen LogP contribution in [0.3, 0.4) is 0 Å². The third-order valence-corrected chi connectivity index (χ3v) is 4.59. The number of hydrogen-bond acceptors (Lipinski definition) is 4. The summed E-state index contributed by atoms with van der Waals surface area (Å²) in [7, 11) is 0. The molecule has 4 nitrogen and oxygen atoms in total. The molecule has 0 radical (unpaired) electrons. The van der Waals surface area contributed by atoms with Crippen LogP contribution in [0.4, 0.5) is 0 Å². The zero-order valence-electron chi connectivity index (χ0n) is 13.5. The summed E-state index contributed by atoms with van der Waals surface area (Å²) in [4.78, 5) is 13.2. The Balaban J connectivity index is 1.63. The molecule has 0 aliphatic heterocycles. The fraction of sp³-hybridized carbons (Fsp3) is 0.158. The van der Waals surface area contributed by atoms with Crippen molar-refractivity contribution in [3.8, 4) is 5.75 Å². The SMILES string of the molecule is C/C(=N\NC(=O)C(C)Oc1ccc2ccccc2c1)c1cccs1. The monoisotopic (exact) mass is 338 g/mol. The topological polar surface area (TPSA) is 50.7 Å². The number of rotatable bonds is 5. The second kappa shape index (κ2) is 7.27. The first kappa shape index (κ1) is 16.2. The van der Waals surface area contributed by atoms with Crippen molar-refractivity contribution in [1.29, 1.82) is 0 Å². The van der Waals surface area contributed by atoms with E-state index >= 15 is 0 Å². The zero-order chi connectivity index (χ0) is 16.9. The van der Waals surface area contributed by atoms with Gasteiger partial charge in [-0.05, 0) is 48.2 Å². The summed E-state index contributed by atoms with van der Waals surface area (Å²) >= 11 is 1.58. The quantitative estimate of drug-likeness (QED) is 0.560. The highest BCUT2D eigenvalue weighted by Crippen LogP contribution is 2.21. The Bertz CT molecular complexity index is 872. The van der Waals surface area contributed by atoms with Gasteiger partial charge < -0.3 is 4.74 Å². The number of hydrogen-bond donors (Lipinski definition) is 1. The lowest BCUT2D eigenvalue weighted by molar-refractivity contribution is -0.127. The van der Waals surface area contributed by atoms with Gasteiger partial charge in [0.05, 0.1) is 5.71 Å². The molecule has 1 N–H and O–H groups in total. The molecule has 24 heavy (non-hydrogen) atoms. The Morgan fingerprint density at radius 1 is 1.12 bits per heavy atom. The standard InChI is InChI=1S/C19H18N2O2S/c1-13(18-8-5-11-24-18)20-21-19(22)14(2)23-17-10-9-15-6-3-4-7-16(15)12-17/h3-12,14H,1-2H3,(H,21,22)/b20-13+. The van der Waals surface area contributed by atoms with E-state index in [4.69, 9.17) is 4.74 Å². The van der Waals surface area contributed by atoms with Crippen molar-refractivity contribution >= 4 is 33.7 Å². The van der Waals surface area contributed by atoms with Gasteiger partial charge in [-0.15, -0.1) is 11.3 Å². The van der Waals surface area contributed by atoms with Gasteiger partial charge in [-0.3, -0.25) is 4.79 Å². The van der Waals surface area contributed by atoms with E-state index in [1.807, 2.05) is 66.9 Å². The number of fused-ring (bicyclic) bond motifs is 1. The van der Waals surface area contributed by atoms with Crippen molar-refractivity contribution in [2.45, 2.75) is 20.0 Å². The molecule has 0 aliphatic rings. The van der Waals surface area contributed by atoms with Crippen molar-refractivity contribution in [1.82, 2.24) is 5.43 Å². The van der Waals surface area contributed by atoms with E-state index in [0.29, 0.717) is 5.75 Å². The molecule has 0 spiro atoms. The summed E-state index contributed by atoms with van der Waals surface area (Å²) < 4.78 is 5.73. The summed E-state index contributed by atoms with van der Waals surface area (Å²) in [5, 5.41) is 8.32. The molecule has 5 heteroatoms. The number of carbonyl (C=O) groups is 1. The summed E-state index contributed by atoms with van der Waals surface area (Å²) in [5.41, 5.74) is 3.33. The van der Waals surface area contributed by atoms with Gasteiger partial charge in [-0.2, -0.15) is 5.10 Å². The predicted octanol–water partition coefficient (Wildman–Crippen LogP) is 4.21. The summed E-state index contributed by atoms with van der Waals surface area (Å²) in [5.74, 6) is 0.384. The average molecular weight is 338 g/mol. The first-order valence-electron chi connectivity index (χ1n) is 7.67. The third-order valence-electron chi connectivity index (χ3n) is 3.61. The van der Waals surface area contributed by atoms with Gasteiger partial charge in [0, 0.05) is 4.88 Å². The van der Waals surface area contributed by atoms with Crippen molar-refractivity contribution < 1.29 is 9.53 Å². The number of hydrazone groups is 1. The first-order chi connectivity index (χ1) is 11.6. The molecule has 3 aromatic rings. The minimum Gasteiger partial charge on any atom is -0.481 e. The number of benzene rings is 2. The Labute approximate surface area is 144 Å². The van der Waals surface area contributed by atoms with Gasteiger partial charge in [-0.1, -0.05) is 36.4 Å². The van der Waals surface area contributed by atoms with Gasteiger partial charge in [0.1, 0.15) is 5.75 Å². The van der Waals surface area contributed by atoms with Gasteiger partial charge >= 0.3 is 0 Å². The molecule has 3 rings (SSSR count). The minimum atomic E-state index is -0.633. The van der Waals surface area contributed by atoms with Crippen LogP contribution in [0.15, 0.2) is 65.1 Å². The highest BCUT2D eigenvalue weighted by molar-refractivity contribution is 7.12. The van der Waals surface area contributed by atoms with Gasteiger partial charge in [0.2, 0.25) is 0 Å². The van der Waals surface area contributed by atoms with E-state index in [2.05, 4.69) is 10.5 Å². The lowest BCUT2D eigenvalue weighted by atomic mass is 10.1. The van der Waals surface area contributed by atoms with Gasteiger partial charge in [0.15, 0.2) is 6.10 Å². The predicted molar refractivity (Wildman–Crippen MR) is 98.7 cm³/mol. The lowest BCUT2D eigenvalue weighted by Gasteiger charge is -2.13. The normalized spacial score (nSPS) is 12.8. The van der Waals surface area contributed by atoms with Crippen molar-refractivity contribution in [3.63, 3.8) is 0 Å². The minimum absolute atomic E-state index is 0.279. The highest BCUT2D eigenvalue weighted by atomic mass is 32.1. The second-order valence-corrected chi connectivity index (χ2v) is 6.37. The van der Waals surface area contributed by atoms with Crippen LogP contribution < -0.4 is 10.2 Å². The van der Waals surface area contributed by atoms with Crippen LogP contribution in [-0.4, -0.2) is 17.7 Å². The first-order valence-corrected chi connectivity index (χ1v) is 8.55. The maximum Gasteiger partial charge on any atom is 0.280 e. The number of nitrogens with zero attached hydrogens (tertiary/aromatic N) is 1. The van der Waals surface area contributed by atoms with Crippen molar-refractivity contribution in [2.75, 3.05) is 0 Å². The maximum atomic E-state index is 12.1. The number of amides is 1. The molecule has 0 aliphatic carbocycles. The van der Waals surface area contributed by atoms with Crippen LogP contribution in [0.2, 0.25) is 0 Å². The number of ether oxygens (including phenoxy) is 1. The Kier molecular flexibility index (Phi) is 4.91. The molecule has 1 atom stereocenters. The highest BCUT2D eigenvalue weighted by Gasteiger charge is 2.14. The third kappa shape index (κ3) is 3.81. The Morgan fingerprint density at radius 3 is 2.67 bits per heavy atom. The summed E-state index contributed by atoms with van der Waals surface area (Å²) in [6, 6.07) is 17.7. The largest absolute Gasteiger partial charge is 0.481 e. The van der Waals surface area contributed by atoms with E-state index < -0.39 is 6.10 Å². The van der Waals surface area contributed by atoms with E-state index in [-0.39, 0.29) is 5.91 Å².